The van der Waals surface area contributed by atoms with Crippen LogP contribution in [0.1, 0.15) is 21.8 Å². The van der Waals surface area contributed by atoms with Gasteiger partial charge in [0, 0.05) is 42.8 Å². The molecule has 28 heavy (non-hydrogen) atoms. The fourth-order valence-corrected chi connectivity index (χ4v) is 6.82. The maximum Gasteiger partial charge on any atom is 0.265 e. The summed E-state index contributed by atoms with van der Waals surface area (Å²) in [7, 11) is -2.89. The number of carbonyl (C=O) groups excluding carboxylic acids is 1. The Bertz CT molecular complexity index is 998. The number of aromatic nitrogens is 1. The van der Waals surface area contributed by atoms with Crippen LogP contribution in [0, 0.1) is 6.92 Å². The third kappa shape index (κ3) is 4.10. The van der Waals surface area contributed by atoms with E-state index >= 15 is 0 Å². The number of sulfone groups is 1. The lowest BCUT2D eigenvalue weighted by Gasteiger charge is -2.37. The highest BCUT2D eigenvalue weighted by Crippen LogP contribution is 2.30. The van der Waals surface area contributed by atoms with Gasteiger partial charge in [0.2, 0.25) is 0 Å². The van der Waals surface area contributed by atoms with E-state index in [0.717, 1.165) is 16.3 Å². The number of hydrogen-bond acceptors (Lipinski definition) is 6. The summed E-state index contributed by atoms with van der Waals surface area (Å²) in [5, 5.41) is 1.43. The summed E-state index contributed by atoms with van der Waals surface area (Å²) in [6, 6.07) is 7.57. The minimum absolute atomic E-state index is 0.00183. The lowest BCUT2D eigenvalue weighted by molar-refractivity contribution is 0.0591. The van der Waals surface area contributed by atoms with E-state index in [1.165, 1.54) is 11.3 Å². The lowest BCUT2D eigenvalue weighted by atomic mass is 10.2. The van der Waals surface area contributed by atoms with Crippen molar-refractivity contribution in [2.24, 2.45) is 0 Å². The van der Waals surface area contributed by atoms with Crippen molar-refractivity contribution < 1.29 is 13.2 Å². The highest BCUT2D eigenvalue weighted by molar-refractivity contribution is 7.91. The molecule has 1 aromatic heterocycles. The van der Waals surface area contributed by atoms with Crippen LogP contribution in [0.3, 0.4) is 0 Å². The topological polar surface area (TPSA) is 70.6 Å². The molecular formula is C19H22ClN3O3S2. The van der Waals surface area contributed by atoms with Crippen LogP contribution in [-0.2, 0) is 9.84 Å². The van der Waals surface area contributed by atoms with Gasteiger partial charge in [0.05, 0.1) is 17.2 Å². The minimum atomic E-state index is -2.89. The Kier molecular flexibility index (Phi) is 5.48. The van der Waals surface area contributed by atoms with Crippen LogP contribution in [0.2, 0.25) is 5.02 Å². The zero-order chi connectivity index (χ0) is 19.9. The van der Waals surface area contributed by atoms with E-state index in [4.69, 9.17) is 11.6 Å². The van der Waals surface area contributed by atoms with Gasteiger partial charge in [0.15, 0.2) is 9.84 Å². The number of halogens is 1. The molecule has 6 nitrogen and oxygen atoms in total. The van der Waals surface area contributed by atoms with Gasteiger partial charge in [-0.25, -0.2) is 13.4 Å². The number of piperazine rings is 1. The first-order valence-electron chi connectivity index (χ1n) is 9.29. The molecule has 0 N–H and O–H groups in total. The molecule has 2 saturated heterocycles. The molecule has 1 atom stereocenters. The van der Waals surface area contributed by atoms with Gasteiger partial charge in [-0.3, -0.25) is 9.69 Å². The third-order valence-electron chi connectivity index (χ3n) is 5.39. The van der Waals surface area contributed by atoms with Crippen molar-refractivity contribution in [3.63, 3.8) is 0 Å². The zero-order valence-electron chi connectivity index (χ0n) is 15.6. The zero-order valence-corrected chi connectivity index (χ0v) is 18.0. The van der Waals surface area contributed by atoms with Crippen LogP contribution in [0.25, 0.3) is 10.6 Å². The highest BCUT2D eigenvalue weighted by Gasteiger charge is 2.35. The fourth-order valence-electron chi connectivity index (χ4n) is 3.84. The first-order valence-corrected chi connectivity index (χ1v) is 12.3. The Morgan fingerprint density at radius 2 is 2.00 bits per heavy atom. The fraction of sp³-hybridized carbons (Fsp3) is 0.474. The van der Waals surface area contributed by atoms with Crippen molar-refractivity contribution in [3.05, 3.63) is 39.9 Å². The minimum Gasteiger partial charge on any atom is -0.335 e. The third-order valence-corrected chi connectivity index (χ3v) is 8.57. The Balaban J connectivity index is 1.43. The molecule has 150 valence electrons. The second kappa shape index (κ2) is 7.74. The number of aryl methyl sites for hydroxylation is 1. The Morgan fingerprint density at radius 1 is 1.25 bits per heavy atom. The van der Waals surface area contributed by atoms with E-state index in [2.05, 4.69) is 9.88 Å². The maximum absolute atomic E-state index is 13.0. The number of amides is 1. The van der Waals surface area contributed by atoms with Crippen molar-refractivity contribution in [3.8, 4) is 10.6 Å². The van der Waals surface area contributed by atoms with Gasteiger partial charge >= 0.3 is 0 Å². The smallest absolute Gasteiger partial charge is 0.265 e. The van der Waals surface area contributed by atoms with Gasteiger partial charge in [-0.1, -0.05) is 23.7 Å². The summed E-state index contributed by atoms with van der Waals surface area (Å²) in [4.78, 5) is 22.3. The van der Waals surface area contributed by atoms with E-state index in [0.29, 0.717) is 42.5 Å². The van der Waals surface area contributed by atoms with Crippen molar-refractivity contribution in [2.45, 2.75) is 19.4 Å². The van der Waals surface area contributed by atoms with Gasteiger partial charge in [0.1, 0.15) is 9.88 Å². The van der Waals surface area contributed by atoms with Gasteiger partial charge < -0.3 is 4.90 Å². The Hall–Kier alpha value is -1.48. The van der Waals surface area contributed by atoms with Crippen molar-refractivity contribution in [2.75, 3.05) is 37.7 Å². The summed E-state index contributed by atoms with van der Waals surface area (Å²) >= 11 is 7.47. The van der Waals surface area contributed by atoms with Crippen molar-refractivity contribution in [1.82, 2.24) is 14.8 Å². The van der Waals surface area contributed by atoms with E-state index in [1.54, 1.807) is 0 Å². The standard InChI is InChI=1S/C19H22ClN3O3S2/c1-13-17(27-18(21-13)14-3-2-4-15(20)11-14)19(24)23-8-6-22(7-9-23)16-5-10-28(25,26)12-16/h2-4,11,16H,5-10,12H2,1H3. The molecule has 3 heterocycles. The van der Waals surface area contributed by atoms with E-state index in [-0.39, 0.29) is 23.5 Å². The van der Waals surface area contributed by atoms with Crippen LogP contribution < -0.4 is 0 Å². The van der Waals surface area contributed by atoms with Crippen molar-refractivity contribution in [1.29, 1.82) is 0 Å². The molecule has 0 radical (unpaired) electrons. The molecule has 0 aliphatic carbocycles. The number of hydrogen-bond donors (Lipinski definition) is 0. The van der Waals surface area contributed by atoms with Gasteiger partial charge in [0.25, 0.3) is 5.91 Å². The number of nitrogens with zero attached hydrogens (tertiary/aromatic N) is 3. The van der Waals surface area contributed by atoms with Crippen LogP contribution in [-0.4, -0.2) is 72.8 Å². The lowest BCUT2D eigenvalue weighted by Crippen LogP contribution is -2.52. The Morgan fingerprint density at radius 3 is 2.64 bits per heavy atom. The molecule has 1 unspecified atom stereocenters. The van der Waals surface area contributed by atoms with Gasteiger partial charge in [-0.05, 0) is 25.5 Å². The normalized spacial score (nSPS) is 22.5. The molecule has 1 amide bonds. The molecule has 1 aromatic carbocycles. The van der Waals surface area contributed by atoms with Crippen LogP contribution >= 0.6 is 22.9 Å². The SMILES string of the molecule is Cc1nc(-c2cccc(Cl)c2)sc1C(=O)N1CCN(C2CCS(=O)(=O)C2)CC1. The first-order chi connectivity index (χ1) is 13.3. The molecule has 4 rings (SSSR count). The van der Waals surface area contributed by atoms with E-state index < -0.39 is 9.84 Å². The van der Waals surface area contributed by atoms with Crippen LogP contribution in [0.15, 0.2) is 24.3 Å². The summed E-state index contributed by atoms with van der Waals surface area (Å²) in [5.41, 5.74) is 1.64. The Labute approximate surface area is 174 Å². The molecule has 2 aliphatic heterocycles. The van der Waals surface area contributed by atoms with Gasteiger partial charge in [-0.2, -0.15) is 0 Å². The number of benzene rings is 1. The van der Waals surface area contributed by atoms with Gasteiger partial charge in [-0.15, -0.1) is 11.3 Å². The molecule has 0 spiro atoms. The average Bonchev–Trinajstić information content (AvgIpc) is 3.23. The molecule has 2 fully saturated rings. The van der Waals surface area contributed by atoms with E-state index in [1.807, 2.05) is 36.1 Å². The summed E-state index contributed by atoms with van der Waals surface area (Å²) < 4.78 is 23.4. The summed E-state index contributed by atoms with van der Waals surface area (Å²) in [6.45, 7) is 4.51. The molecule has 0 bridgehead atoms. The van der Waals surface area contributed by atoms with Crippen LogP contribution in [0.4, 0.5) is 0 Å². The summed E-state index contributed by atoms with van der Waals surface area (Å²) in [5.74, 6) is 0.531. The monoisotopic (exact) mass is 439 g/mol. The van der Waals surface area contributed by atoms with Crippen molar-refractivity contribution >= 4 is 38.7 Å². The first kappa shape index (κ1) is 19.8. The maximum atomic E-state index is 13.0. The number of rotatable bonds is 3. The van der Waals surface area contributed by atoms with Crippen LogP contribution in [0.5, 0.6) is 0 Å². The van der Waals surface area contributed by atoms with E-state index in [9.17, 15) is 13.2 Å². The summed E-state index contributed by atoms with van der Waals surface area (Å²) in [6.07, 6.45) is 0.702. The molecular weight excluding hydrogens is 418 g/mol. The largest absolute Gasteiger partial charge is 0.335 e. The second-order valence-corrected chi connectivity index (χ2v) is 11.0. The predicted octanol–water partition coefficient (Wildman–Crippen LogP) is 2.72. The second-order valence-electron chi connectivity index (χ2n) is 7.33. The molecule has 0 saturated carbocycles. The number of thiazole rings is 1. The molecule has 2 aromatic rings. The highest BCUT2D eigenvalue weighted by atomic mass is 35.5. The molecule has 9 heteroatoms. The number of carbonyl (C=O) groups is 1. The molecule has 2 aliphatic rings. The predicted molar refractivity (Wildman–Crippen MR) is 112 cm³/mol. The quantitative estimate of drug-likeness (QED) is 0.735. The average molecular weight is 440 g/mol.